The van der Waals surface area contributed by atoms with Gasteiger partial charge in [-0.3, -0.25) is 4.90 Å². The van der Waals surface area contributed by atoms with Crippen molar-refractivity contribution in [3.8, 4) is 0 Å². The predicted octanol–water partition coefficient (Wildman–Crippen LogP) is 1.21. The summed E-state index contributed by atoms with van der Waals surface area (Å²) < 4.78 is 5.52. The second-order valence-corrected chi connectivity index (χ2v) is 8.23. The van der Waals surface area contributed by atoms with Crippen molar-refractivity contribution >= 4 is 35.1 Å². The number of carboxylic acids is 2. The molecule has 11 heteroatoms. The molecule has 0 saturated carbocycles. The highest BCUT2D eigenvalue weighted by molar-refractivity contribution is 6.42. The van der Waals surface area contributed by atoms with Gasteiger partial charge in [-0.25, -0.2) is 9.59 Å². The Balaban J connectivity index is 0.000000291. The minimum atomic E-state index is -2.27. The predicted molar refractivity (Wildman–Crippen MR) is 114 cm³/mol. The van der Waals surface area contributed by atoms with E-state index in [1.165, 1.54) is 6.42 Å². The standard InChI is InChI=1S/C16H22Cl2N2O.C4H6O6/c17-15-3-1-2-12(16(15)18)11-20(14-4-7-19-10-14)13-5-8-21-9-6-13;5-1(3(7)8)2(6)4(9)10/h1-3,13-14,19H,4-11H2;1-2,5-6H,(H,7,8)(H,9,10)/t14-;/m0./s1. The van der Waals surface area contributed by atoms with E-state index in [-0.39, 0.29) is 0 Å². The number of carboxylic acid groups (broad SMARTS) is 2. The highest BCUT2D eigenvalue weighted by Gasteiger charge is 2.31. The van der Waals surface area contributed by atoms with E-state index in [0.29, 0.717) is 22.1 Å². The zero-order valence-electron chi connectivity index (χ0n) is 16.9. The number of hydrogen-bond acceptors (Lipinski definition) is 7. The van der Waals surface area contributed by atoms with Gasteiger partial charge in [0.1, 0.15) is 0 Å². The van der Waals surface area contributed by atoms with Gasteiger partial charge in [-0.2, -0.15) is 0 Å². The first-order valence-electron chi connectivity index (χ1n) is 10.0. The van der Waals surface area contributed by atoms with Crippen molar-refractivity contribution < 1.29 is 34.8 Å². The van der Waals surface area contributed by atoms with Gasteiger partial charge in [0.05, 0.1) is 10.0 Å². The number of aliphatic hydroxyl groups excluding tert-OH is 2. The van der Waals surface area contributed by atoms with Gasteiger partial charge in [0.25, 0.3) is 0 Å². The van der Waals surface area contributed by atoms with Crippen LogP contribution in [0.4, 0.5) is 0 Å². The smallest absolute Gasteiger partial charge is 0.335 e. The Morgan fingerprint density at radius 2 is 1.68 bits per heavy atom. The van der Waals surface area contributed by atoms with Crippen LogP contribution in [0, 0.1) is 0 Å². The quantitative estimate of drug-likeness (QED) is 0.391. The van der Waals surface area contributed by atoms with E-state index < -0.39 is 24.1 Å². The maximum atomic E-state index is 9.77. The van der Waals surface area contributed by atoms with Crippen molar-refractivity contribution in [3.05, 3.63) is 33.8 Å². The average molecular weight is 479 g/mol. The molecule has 0 spiro atoms. The van der Waals surface area contributed by atoms with E-state index in [1.54, 1.807) is 0 Å². The van der Waals surface area contributed by atoms with Crippen LogP contribution in [0.5, 0.6) is 0 Å². The number of aliphatic hydroxyl groups is 2. The zero-order chi connectivity index (χ0) is 23.0. The summed E-state index contributed by atoms with van der Waals surface area (Å²) in [5.41, 5.74) is 1.13. The van der Waals surface area contributed by atoms with Crippen LogP contribution in [-0.2, 0) is 20.9 Å². The first-order chi connectivity index (χ1) is 14.7. The number of ether oxygens (including phenoxy) is 1. The third-order valence-corrected chi connectivity index (χ3v) is 6.21. The molecule has 9 nitrogen and oxygen atoms in total. The highest BCUT2D eigenvalue weighted by atomic mass is 35.5. The van der Waals surface area contributed by atoms with Crippen LogP contribution in [0.3, 0.4) is 0 Å². The highest BCUT2D eigenvalue weighted by Crippen LogP contribution is 2.29. The molecule has 3 rings (SSSR count). The normalized spacial score (nSPS) is 21.3. The number of benzene rings is 1. The first kappa shape index (κ1) is 25.8. The summed E-state index contributed by atoms with van der Waals surface area (Å²) >= 11 is 12.5. The summed E-state index contributed by atoms with van der Waals surface area (Å²) in [7, 11) is 0. The Hall–Kier alpha value is -1.46. The topological polar surface area (TPSA) is 140 Å². The molecule has 0 bridgehead atoms. The van der Waals surface area contributed by atoms with Gasteiger partial charge < -0.3 is 30.5 Å². The number of nitrogens with zero attached hydrogens (tertiary/aromatic N) is 1. The third kappa shape index (κ3) is 7.57. The molecule has 5 N–H and O–H groups in total. The van der Waals surface area contributed by atoms with Gasteiger partial charge in [0.15, 0.2) is 12.2 Å². The fraction of sp³-hybridized carbons (Fsp3) is 0.600. The Labute approximate surface area is 190 Å². The molecule has 2 aliphatic rings. The lowest BCUT2D eigenvalue weighted by atomic mass is 10.0. The first-order valence-corrected chi connectivity index (χ1v) is 10.8. The largest absolute Gasteiger partial charge is 0.479 e. The lowest BCUT2D eigenvalue weighted by Crippen LogP contribution is -2.46. The summed E-state index contributed by atoms with van der Waals surface area (Å²) in [6.45, 7) is 4.77. The molecule has 174 valence electrons. The molecular formula is C20H28Cl2N2O7. The molecule has 0 aromatic heterocycles. The van der Waals surface area contributed by atoms with E-state index in [4.69, 9.17) is 48.4 Å². The van der Waals surface area contributed by atoms with Gasteiger partial charge in [0, 0.05) is 38.4 Å². The summed E-state index contributed by atoms with van der Waals surface area (Å²) in [6, 6.07) is 7.09. The van der Waals surface area contributed by atoms with Crippen LogP contribution >= 0.6 is 23.2 Å². The number of nitrogens with one attached hydrogen (secondary N) is 1. The zero-order valence-corrected chi connectivity index (χ0v) is 18.4. The van der Waals surface area contributed by atoms with Crippen molar-refractivity contribution in [2.24, 2.45) is 0 Å². The van der Waals surface area contributed by atoms with Gasteiger partial charge in [-0.05, 0) is 37.4 Å². The fourth-order valence-corrected chi connectivity index (χ4v) is 4.01. The van der Waals surface area contributed by atoms with Crippen LogP contribution < -0.4 is 5.32 Å². The molecule has 2 saturated heterocycles. The van der Waals surface area contributed by atoms with E-state index in [2.05, 4.69) is 16.3 Å². The van der Waals surface area contributed by atoms with Gasteiger partial charge in [0.2, 0.25) is 0 Å². The fourth-order valence-electron chi connectivity index (χ4n) is 3.63. The molecule has 2 aliphatic heterocycles. The summed E-state index contributed by atoms with van der Waals surface area (Å²) in [5.74, 6) is -3.54. The third-order valence-electron chi connectivity index (χ3n) is 5.35. The van der Waals surface area contributed by atoms with E-state index in [9.17, 15) is 9.59 Å². The molecule has 31 heavy (non-hydrogen) atoms. The van der Waals surface area contributed by atoms with Crippen LogP contribution in [0.25, 0.3) is 0 Å². The Morgan fingerprint density at radius 1 is 1.06 bits per heavy atom. The van der Waals surface area contributed by atoms with Crippen LogP contribution in [0.15, 0.2) is 18.2 Å². The van der Waals surface area contributed by atoms with E-state index >= 15 is 0 Å². The second-order valence-electron chi connectivity index (χ2n) is 7.44. The Kier molecular flexibility index (Phi) is 10.4. The lowest BCUT2D eigenvalue weighted by Gasteiger charge is -2.38. The molecule has 0 radical (unpaired) electrons. The molecule has 2 fully saturated rings. The monoisotopic (exact) mass is 478 g/mol. The Morgan fingerprint density at radius 3 is 2.19 bits per heavy atom. The van der Waals surface area contributed by atoms with Crippen molar-refractivity contribution in [2.75, 3.05) is 26.3 Å². The molecular weight excluding hydrogens is 451 g/mol. The van der Waals surface area contributed by atoms with Crippen LogP contribution in [0.2, 0.25) is 10.0 Å². The minimum Gasteiger partial charge on any atom is -0.479 e. The average Bonchev–Trinajstić information content (AvgIpc) is 3.29. The second kappa shape index (κ2) is 12.5. The van der Waals surface area contributed by atoms with Gasteiger partial charge in [-0.15, -0.1) is 0 Å². The maximum Gasteiger partial charge on any atom is 0.335 e. The van der Waals surface area contributed by atoms with Crippen molar-refractivity contribution in [2.45, 2.75) is 50.1 Å². The number of rotatable bonds is 7. The SMILES string of the molecule is Clc1cccc(CN(C2CCOCC2)[C@H]2CCNC2)c1Cl.O=C(O)C(O)C(O)C(=O)O. The molecule has 2 heterocycles. The molecule has 1 aromatic rings. The van der Waals surface area contributed by atoms with Gasteiger partial charge in [-0.1, -0.05) is 35.3 Å². The van der Waals surface area contributed by atoms with E-state index in [1.807, 2.05) is 12.1 Å². The maximum absolute atomic E-state index is 9.77. The molecule has 0 amide bonds. The number of aliphatic carboxylic acids is 2. The molecule has 1 aromatic carbocycles. The summed E-state index contributed by atoms with van der Waals surface area (Å²) in [4.78, 5) is 22.2. The minimum absolute atomic E-state index is 0.582. The molecule has 0 aliphatic carbocycles. The van der Waals surface area contributed by atoms with E-state index in [0.717, 1.165) is 51.3 Å². The summed E-state index contributed by atoms with van der Waals surface area (Å²) in [5, 5.41) is 37.3. The number of hydrogen-bond donors (Lipinski definition) is 5. The summed E-state index contributed by atoms with van der Waals surface area (Å²) in [6.07, 6.45) is -1.12. The lowest BCUT2D eigenvalue weighted by molar-refractivity contribution is -0.165. The number of halogens is 2. The van der Waals surface area contributed by atoms with Gasteiger partial charge >= 0.3 is 11.9 Å². The van der Waals surface area contributed by atoms with Crippen LogP contribution in [0.1, 0.15) is 24.8 Å². The van der Waals surface area contributed by atoms with Crippen LogP contribution in [-0.4, -0.2) is 87.9 Å². The Bertz CT molecular complexity index is 722. The molecule has 3 atom stereocenters. The number of carbonyl (C=O) groups is 2. The van der Waals surface area contributed by atoms with Crippen molar-refractivity contribution in [3.63, 3.8) is 0 Å². The molecule has 2 unspecified atom stereocenters. The van der Waals surface area contributed by atoms with Crippen molar-refractivity contribution in [1.29, 1.82) is 0 Å². The van der Waals surface area contributed by atoms with Crippen molar-refractivity contribution in [1.82, 2.24) is 10.2 Å².